The van der Waals surface area contributed by atoms with E-state index >= 15 is 0 Å². The standard InChI is InChI=1S/C11H10N2O5/c1-2-3-10(14)12-8-5-4-7(11(15)16)6-9(8)13(17)18/h2-6H,1H3,(H,12,14)(H,15,16)/b3-2+. The molecular formula is C11H10N2O5. The van der Waals surface area contributed by atoms with Gasteiger partial charge in [-0.05, 0) is 25.1 Å². The molecule has 94 valence electrons. The molecular weight excluding hydrogens is 240 g/mol. The highest BCUT2D eigenvalue weighted by molar-refractivity contribution is 6.01. The molecule has 0 heterocycles. The maximum Gasteiger partial charge on any atom is 0.335 e. The van der Waals surface area contributed by atoms with E-state index in [4.69, 9.17) is 5.11 Å². The van der Waals surface area contributed by atoms with Crippen LogP contribution in [0.4, 0.5) is 11.4 Å². The van der Waals surface area contributed by atoms with Crippen molar-refractivity contribution >= 4 is 23.3 Å². The number of anilines is 1. The second-order valence-electron chi connectivity index (χ2n) is 3.28. The van der Waals surface area contributed by atoms with E-state index in [1.165, 1.54) is 24.3 Å². The Balaban J connectivity index is 3.15. The number of rotatable bonds is 4. The molecule has 7 nitrogen and oxygen atoms in total. The monoisotopic (exact) mass is 250 g/mol. The molecule has 0 aromatic heterocycles. The largest absolute Gasteiger partial charge is 0.478 e. The molecule has 0 spiro atoms. The zero-order valence-corrected chi connectivity index (χ0v) is 9.41. The molecule has 0 radical (unpaired) electrons. The third-order valence-corrected chi connectivity index (χ3v) is 2.02. The van der Waals surface area contributed by atoms with Crippen molar-refractivity contribution in [3.8, 4) is 0 Å². The lowest BCUT2D eigenvalue weighted by Crippen LogP contribution is -2.10. The van der Waals surface area contributed by atoms with Crippen LogP contribution in [0.25, 0.3) is 0 Å². The topological polar surface area (TPSA) is 110 Å². The van der Waals surface area contributed by atoms with Gasteiger partial charge in [-0.3, -0.25) is 14.9 Å². The molecule has 1 rings (SSSR count). The van der Waals surface area contributed by atoms with Gasteiger partial charge in [-0.25, -0.2) is 4.79 Å². The van der Waals surface area contributed by atoms with Gasteiger partial charge in [0.2, 0.25) is 5.91 Å². The summed E-state index contributed by atoms with van der Waals surface area (Å²) in [5.41, 5.74) is -0.730. The summed E-state index contributed by atoms with van der Waals surface area (Å²) in [6.07, 6.45) is 2.68. The van der Waals surface area contributed by atoms with Crippen molar-refractivity contribution in [3.63, 3.8) is 0 Å². The van der Waals surface area contributed by atoms with Crippen molar-refractivity contribution < 1.29 is 19.6 Å². The summed E-state index contributed by atoms with van der Waals surface area (Å²) in [7, 11) is 0. The molecule has 1 amide bonds. The van der Waals surface area contributed by atoms with E-state index in [0.29, 0.717) is 0 Å². The fourth-order valence-electron chi connectivity index (χ4n) is 1.25. The van der Waals surface area contributed by atoms with Crippen LogP contribution >= 0.6 is 0 Å². The Morgan fingerprint density at radius 1 is 1.44 bits per heavy atom. The van der Waals surface area contributed by atoms with Crippen molar-refractivity contribution in [1.82, 2.24) is 0 Å². The molecule has 0 aliphatic heterocycles. The number of amides is 1. The molecule has 0 saturated heterocycles. The second-order valence-corrected chi connectivity index (χ2v) is 3.28. The summed E-state index contributed by atoms with van der Waals surface area (Å²) in [4.78, 5) is 32.0. The number of carboxylic acids is 1. The summed E-state index contributed by atoms with van der Waals surface area (Å²) in [5, 5.41) is 21.8. The number of allylic oxidation sites excluding steroid dienone is 1. The molecule has 0 bridgehead atoms. The van der Waals surface area contributed by atoms with Crippen LogP contribution in [0, 0.1) is 10.1 Å². The van der Waals surface area contributed by atoms with E-state index in [9.17, 15) is 19.7 Å². The molecule has 0 saturated carbocycles. The molecule has 7 heteroatoms. The lowest BCUT2D eigenvalue weighted by molar-refractivity contribution is -0.384. The number of nitro benzene ring substituents is 1. The van der Waals surface area contributed by atoms with Crippen LogP contribution in [0.1, 0.15) is 17.3 Å². The average molecular weight is 250 g/mol. The Morgan fingerprint density at radius 3 is 2.61 bits per heavy atom. The van der Waals surface area contributed by atoms with E-state index < -0.39 is 22.5 Å². The van der Waals surface area contributed by atoms with Gasteiger partial charge in [-0.1, -0.05) is 6.08 Å². The van der Waals surface area contributed by atoms with Crippen LogP contribution in [-0.4, -0.2) is 21.9 Å². The van der Waals surface area contributed by atoms with Crippen LogP contribution in [0.3, 0.4) is 0 Å². The lowest BCUT2D eigenvalue weighted by Gasteiger charge is -2.04. The van der Waals surface area contributed by atoms with Crippen LogP contribution in [-0.2, 0) is 4.79 Å². The molecule has 1 aromatic carbocycles. The number of carbonyl (C=O) groups is 2. The number of nitro groups is 1. The van der Waals surface area contributed by atoms with Crippen molar-refractivity contribution in [2.24, 2.45) is 0 Å². The normalized spacial score (nSPS) is 10.3. The Bertz CT molecular complexity index is 536. The Labute approximate surface area is 102 Å². The first kappa shape index (κ1) is 13.4. The number of nitrogens with one attached hydrogen (secondary N) is 1. The Morgan fingerprint density at radius 2 is 2.11 bits per heavy atom. The van der Waals surface area contributed by atoms with Gasteiger partial charge in [0.1, 0.15) is 5.69 Å². The third-order valence-electron chi connectivity index (χ3n) is 2.02. The van der Waals surface area contributed by atoms with E-state index in [2.05, 4.69) is 5.32 Å². The molecule has 2 N–H and O–H groups in total. The number of hydrogen-bond donors (Lipinski definition) is 2. The maximum absolute atomic E-state index is 11.3. The molecule has 1 aromatic rings. The first-order valence-electron chi connectivity index (χ1n) is 4.91. The lowest BCUT2D eigenvalue weighted by atomic mass is 10.1. The molecule has 0 atom stereocenters. The molecule has 0 fully saturated rings. The summed E-state index contributed by atoms with van der Waals surface area (Å²) in [6, 6.07) is 3.26. The molecule has 0 aliphatic rings. The smallest absolute Gasteiger partial charge is 0.335 e. The fourth-order valence-corrected chi connectivity index (χ4v) is 1.25. The van der Waals surface area contributed by atoms with Gasteiger partial charge in [-0.2, -0.15) is 0 Å². The van der Waals surface area contributed by atoms with Gasteiger partial charge in [0, 0.05) is 6.07 Å². The van der Waals surface area contributed by atoms with Crippen LogP contribution in [0.2, 0.25) is 0 Å². The molecule has 0 unspecified atom stereocenters. The minimum absolute atomic E-state index is 0.0481. The van der Waals surface area contributed by atoms with Gasteiger partial charge < -0.3 is 10.4 Å². The molecule has 18 heavy (non-hydrogen) atoms. The number of nitrogens with zero attached hydrogens (tertiary/aromatic N) is 1. The molecule has 0 aliphatic carbocycles. The summed E-state index contributed by atoms with van der Waals surface area (Å²) in [6.45, 7) is 1.63. The van der Waals surface area contributed by atoms with Crippen molar-refractivity contribution in [2.75, 3.05) is 5.32 Å². The zero-order chi connectivity index (χ0) is 13.7. The van der Waals surface area contributed by atoms with Gasteiger partial charge in [-0.15, -0.1) is 0 Å². The van der Waals surface area contributed by atoms with E-state index in [-0.39, 0.29) is 11.3 Å². The van der Waals surface area contributed by atoms with E-state index in [1.54, 1.807) is 6.92 Å². The highest BCUT2D eigenvalue weighted by Gasteiger charge is 2.18. The number of aromatic carboxylic acids is 1. The van der Waals surface area contributed by atoms with Gasteiger partial charge in [0.05, 0.1) is 10.5 Å². The van der Waals surface area contributed by atoms with Gasteiger partial charge >= 0.3 is 5.97 Å². The predicted octanol–water partition coefficient (Wildman–Crippen LogP) is 1.81. The maximum atomic E-state index is 11.3. The quantitative estimate of drug-likeness (QED) is 0.481. The van der Waals surface area contributed by atoms with Crippen molar-refractivity contribution in [3.05, 3.63) is 46.0 Å². The summed E-state index contributed by atoms with van der Waals surface area (Å²) >= 11 is 0. The fraction of sp³-hybridized carbons (Fsp3) is 0.0909. The third kappa shape index (κ3) is 3.14. The van der Waals surface area contributed by atoms with Gasteiger partial charge in [0.25, 0.3) is 5.69 Å². The minimum Gasteiger partial charge on any atom is -0.478 e. The second kappa shape index (κ2) is 5.58. The zero-order valence-electron chi connectivity index (χ0n) is 9.41. The van der Waals surface area contributed by atoms with Crippen molar-refractivity contribution in [2.45, 2.75) is 6.92 Å². The van der Waals surface area contributed by atoms with Crippen molar-refractivity contribution in [1.29, 1.82) is 0 Å². The minimum atomic E-state index is -1.27. The Hall–Kier alpha value is -2.70. The number of carboxylic acid groups (broad SMARTS) is 1. The average Bonchev–Trinajstić information content (AvgIpc) is 2.29. The summed E-state index contributed by atoms with van der Waals surface area (Å²) < 4.78 is 0. The SMILES string of the molecule is C/C=C/C(=O)Nc1ccc(C(=O)O)cc1[N+](=O)[O-]. The van der Waals surface area contributed by atoms with Crippen LogP contribution in [0.5, 0.6) is 0 Å². The Kier molecular flexibility index (Phi) is 4.14. The van der Waals surface area contributed by atoms with Crippen LogP contribution < -0.4 is 5.32 Å². The first-order valence-corrected chi connectivity index (χ1v) is 4.91. The highest BCUT2D eigenvalue weighted by Crippen LogP contribution is 2.25. The van der Waals surface area contributed by atoms with Gasteiger partial charge in [0.15, 0.2) is 0 Å². The number of benzene rings is 1. The highest BCUT2D eigenvalue weighted by atomic mass is 16.6. The van der Waals surface area contributed by atoms with Crippen LogP contribution in [0.15, 0.2) is 30.4 Å². The number of hydrogen-bond acceptors (Lipinski definition) is 4. The predicted molar refractivity (Wildman–Crippen MR) is 63.5 cm³/mol. The first-order chi connectivity index (χ1) is 8.45. The number of carbonyl (C=O) groups excluding carboxylic acids is 1. The van der Waals surface area contributed by atoms with E-state index in [1.807, 2.05) is 0 Å². The van der Waals surface area contributed by atoms with E-state index in [0.717, 1.165) is 6.07 Å². The summed E-state index contributed by atoms with van der Waals surface area (Å²) in [5.74, 6) is -1.80.